The fraction of sp³-hybridized carbons (Fsp3) is 0.364. The summed E-state index contributed by atoms with van der Waals surface area (Å²) in [5.74, 6) is -0.707. The minimum absolute atomic E-state index is 0.0194. The molecule has 2 rings (SSSR count). The number of rotatable bonds is 10. The Balaban J connectivity index is 1.63. The highest BCUT2D eigenvalue weighted by molar-refractivity contribution is 5.89. The SMILES string of the molecule is Cc1ccc(CCC(=O)NCCOC(=O)c2ccc(COCC(F)(F)F)cc2)cc1. The van der Waals surface area contributed by atoms with Crippen LogP contribution in [0.25, 0.3) is 0 Å². The summed E-state index contributed by atoms with van der Waals surface area (Å²) in [6, 6.07) is 13.9. The van der Waals surface area contributed by atoms with E-state index in [1.165, 1.54) is 24.3 Å². The largest absolute Gasteiger partial charge is 0.460 e. The average molecular weight is 423 g/mol. The first kappa shape index (κ1) is 23.4. The van der Waals surface area contributed by atoms with Crippen molar-refractivity contribution >= 4 is 11.9 Å². The molecule has 0 radical (unpaired) electrons. The Labute approximate surface area is 173 Å². The van der Waals surface area contributed by atoms with Gasteiger partial charge in [-0.3, -0.25) is 4.79 Å². The topological polar surface area (TPSA) is 64.6 Å². The van der Waals surface area contributed by atoms with Crippen molar-refractivity contribution in [1.29, 1.82) is 0 Å². The molecule has 0 aromatic heterocycles. The number of hydrogen-bond donors (Lipinski definition) is 1. The zero-order valence-corrected chi connectivity index (χ0v) is 16.6. The van der Waals surface area contributed by atoms with Crippen LogP contribution in [0.4, 0.5) is 13.2 Å². The average Bonchev–Trinajstić information content (AvgIpc) is 2.70. The molecule has 30 heavy (non-hydrogen) atoms. The van der Waals surface area contributed by atoms with Gasteiger partial charge in [0, 0.05) is 6.42 Å². The maximum Gasteiger partial charge on any atom is 0.411 e. The molecule has 2 aromatic rings. The van der Waals surface area contributed by atoms with Gasteiger partial charge in [-0.2, -0.15) is 13.2 Å². The van der Waals surface area contributed by atoms with Crippen LogP contribution in [-0.4, -0.2) is 37.8 Å². The minimum atomic E-state index is -4.38. The van der Waals surface area contributed by atoms with E-state index in [1.807, 2.05) is 31.2 Å². The molecule has 0 bridgehead atoms. The molecule has 0 fully saturated rings. The van der Waals surface area contributed by atoms with Gasteiger partial charge in [0.25, 0.3) is 0 Å². The fourth-order valence-corrected chi connectivity index (χ4v) is 2.54. The second-order valence-corrected chi connectivity index (χ2v) is 6.78. The zero-order chi connectivity index (χ0) is 22.0. The smallest absolute Gasteiger partial charge is 0.411 e. The molecule has 1 amide bonds. The summed E-state index contributed by atoms with van der Waals surface area (Å²) in [4.78, 5) is 23.8. The first-order valence-electron chi connectivity index (χ1n) is 9.46. The number of halogens is 3. The number of ether oxygens (including phenoxy) is 2. The van der Waals surface area contributed by atoms with E-state index in [0.717, 1.165) is 11.1 Å². The van der Waals surface area contributed by atoms with E-state index in [4.69, 9.17) is 4.74 Å². The molecule has 0 atom stereocenters. The van der Waals surface area contributed by atoms with Gasteiger partial charge in [-0.05, 0) is 36.6 Å². The van der Waals surface area contributed by atoms with Gasteiger partial charge in [-0.15, -0.1) is 0 Å². The van der Waals surface area contributed by atoms with E-state index < -0.39 is 18.8 Å². The van der Waals surface area contributed by atoms with E-state index >= 15 is 0 Å². The second kappa shape index (κ2) is 11.3. The van der Waals surface area contributed by atoms with Crippen molar-refractivity contribution in [1.82, 2.24) is 5.32 Å². The Morgan fingerprint density at radius 1 is 0.967 bits per heavy atom. The first-order chi connectivity index (χ1) is 14.2. The van der Waals surface area contributed by atoms with Gasteiger partial charge >= 0.3 is 12.1 Å². The normalized spacial score (nSPS) is 11.2. The Morgan fingerprint density at radius 2 is 1.60 bits per heavy atom. The van der Waals surface area contributed by atoms with E-state index in [9.17, 15) is 22.8 Å². The van der Waals surface area contributed by atoms with Gasteiger partial charge in [0.15, 0.2) is 0 Å². The predicted molar refractivity (Wildman–Crippen MR) is 105 cm³/mol. The summed E-state index contributed by atoms with van der Waals surface area (Å²) in [5, 5.41) is 2.69. The molecular weight excluding hydrogens is 399 g/mol. The summed E-state index contributed by atoms with van der Waals surface area (Å²) in [5.41, 5.74) is 3.01. The molecule has 0 aliphatic rings. The molecule has 162 valence electrons. The first-order valence-corrected chi connectivity index (χ1v) is 9.46. The van der Waals surface area contributed by atoms with Gasteiger partial charge < -0.3 is 14.8 Å². The van der Waals surface area contributed by atoms with E-state index in [1.54, 1.807) is 0 Å². The minimum Gasteiger partial charge on any atom is -0.460 e. The maximum atomic E-state index is 12.0. The number of esters is 1. The molecule has 0 aliphatic carbocycles. The fourth-order valence-electron chi connectivity index (χ4n) is 2.54. The number of benzene rings is 2. The van der Waals surface area contributed by atoms with Crippen LogP contribution < -0.4 is 5.32 Å². The van der Waals surface area contributed by atoms with Gasteiger partial charge in [0.1, 0.15) is 13.2 Å². The van der Waals surface area contributed by atoms with Crippen LogP contribution in [0.15, 0.2) is 48.5 Å². The number of amides is 1. The molecule has 1 N–H and O–H groups in total. The van der Waals surface area contributed by atoms with Gasteiger partial charge in [-0.1, -0.05) is 42.0 Å². The summed E-state index contributed by atoms with van der Waals surface area (Å²) in [6.07, 6.45) is -3.40. The van der Waals surface area contributed by atoms with E-state index in [-0.39, 0.29) is 31.2 Å². The number of carbonyl (C=O) groups excluding carboxylic acids is 2. The van der Waals surface area contributed by atoms with Crippen LogP contribution in [0, 0.1) is 6.92 Å². The summed E-state index contributed by atoms with van der Waals surface area (Å²) in [7, 11) is 0. The second-order valence-electron chi connectivity index (χ2n) is 6.78. The lowest BCUT2D eigenvalue weighted by Crippen LogP contribution is -2.28. The number of carbonyl (C=O) groups is 2. The molecule has 0 spiro atoms. The van der Waals surface area contributed by atoms with Crippen molar-refractivity contribution in [3.05, 3.63) is 70.8 Å². The Morgan fingerprint density at radius 3 is 2.23 bits per heavy atom. The van der Waals surface area contributed by atoms with Crippen LogP contribution in [0.2, 0.25) is 0 Å². The monoisotopic (exact) mass is 423 g/mol. The van der Waals surface area contributed by atoms with Crippen molar-refractivity contribution in [2.75, 3.05) is 19.8 Å². The quantitative estimate of drug-likeness (QED) is 0.464. The third-order valence-electron chi connectivity index (χ3n) is 4.14. The number of hydrogen-bond acceptors (Lipinski definition) is 4. The lowest BCUT2D eigenvalue weighted by atomic mass is 10.1. The number of aryl methyl sites for hydroxylation is 2. The van der Waals surface area contributed by atoms with Crippen molar-refractivity contribution < 1.29 is 32.2 Å². The standard InChI is InChI=1S/C22H24F3NO4/c1-16-2-4-17(5-3-16)8-11-20(27)26-12-13-30-21(28)19-9-6-18(7-10-19)14-29-15-22(23,24)25/h2-7,9-10H,8,11-15H2,1H3,(H,26,27). The summed E-state index contributed by atoms with van der Waals surface area (Å²) in [6.45, 7) is 0.684. The predicted octanol–water partition coefficient (Wildman–Crippen LogP) is 3.98. The summed E-state index contributed by atoms with van der Waals surface area (Å²) < 4.78 is 45.8. The Kier molecular flexibility index (Phi) is 8.86. The van der Waals surface area contributed by atoms with Crippen molar-refractivity contribution in [2.24, 2.45) is 0 Å². The van der Waals surface area contributed by atoms with Crippen LogP contribution in [-0.2, 0) is 27.3 Å². The summed E-state index contributed by atoms with van der Waals surface area (Å²) >= 11 is 0. The highest BCUT2D eigenvalue weighted by Crippen LogP contribution is 2.16. The third-order valence-corrected chi connectivity index (χ3v) is 4.14. The molecule has 0 saturated carbocycles. The van der Waals surface area contributed by atoms with E-state index in [0.29, 0.717) is 18.4 Å². The maximum absolute atomic E-state index is 12.0. The Hall–Kier alpha value is -2.87. The lowest BCUT2D eigenvalue weighted by Gasteiger charge is -2.09. The van der Waals surface area contributed by atoms with Crippen LogP contribution in [0.1, 0.15) is 33.5 Å². The molecule has 0 aliphatic heterocycles. The molecule has 0 heterocycles. The highest BCUT2D eigenvalue weighted by Gasteiger charge is 2.27. The molecule has 8 heteroatoms. The zero-order valence-electron chi connectivity index (χ0n) is 16.6. The number of alkyl halides is 3. The molecular formula is C22H24F3NO4. The van der Waals surface area contributed by atoms with E-state index in [2.05, 4.69) is 10.1 Å². The van der Waals surface area contributed by atoms with Gasteiger partial charge in [0.2, 0.25) is 5.91 Å². The van der Waals surface area contributed by atoms with Crippen LogP contribution >= 0.6 is 0 Å². The number of nitrogens with one attached hydrogen (secondary N) is 1. The van der Waals surface area contributed by atoms with Crippen LogP contribution in [0.5, 0.6) is 0 Å². The van der Waals surface area contributed by atoms with Crippen molar-refractivity contribution in [2.45, 2.75) is 32.5 Å². The van der Waals surface area contributed by atoms with Crippen molar-refractivity contribution in [3.63, 3.8) is 0 Å². The molecule has 0 saturated heterocycles. The van der Waals surface area contributed by atoms with Gasteiger partial charge in [-0.25, -0.2) is 4.79 Å². The molecule has 2 aromatic carbocycles. The molecule has 0 unspecified atom stereocenters. The Bertz CT molecular complexity index is 818. The molecule has 5 nitrogen and oxygen atoms in total. The highest BCUT2D eigenvalue weighted by atomic mass is 19.4. The van der Waals surface area contributed by atoms with Crippen molar-refractivity contribution in [3.8, 4) is 0 Å². The lowest BCUT2D eigenvalue weighted by molar-refractivity contribution is -0.176. The third kappa shape index (κ3) is 9.09. The van der Waals surface area contributed by atoms with Gasteiger partial charge in [0.05, 0.1) is 18.7 Å². The van der Waals surface area contributed by atoms with Crippen LogP contribution in [0.3, 0.4) is 0 Å².